The van der Waals surface area contributed by atoms with E-state index in [-0.39, 0.29) is 5.97 Å². The van der Waals surface area contributed by atoms with E-state index in [0.717, 1.165) is 12.8 Å². The minimum atomic E-state index is -0.167. The van der Waals surface area contributed by atoms with E-state index in [1.807, 2.05) is 0 Å². The highest BCUT2D eigenvalue weighted by molar-refractivity contribution is 5.72. The Morgan fingerprint density at radius 3 is 2.00 bits per heavy atom. The summed E-state index contributed by atoms with van der Waals surface area (Å²) in [5.74, 6) is -0.167. The first-order chi connectivity index (χ1) is 9.31. The van der Waals surface area contributed by atoms with E-state index in [2.05, 4.69) is 6.92 Å². The molecule has 0 aliphatic carbocycles. The van der Waals surface area contributed by atoms with Crippen molar-refractivity contribution in [2.45, 2.75) is 84.0 Å². The zero-order valence-corrected chi connectivity index (χ0v) is 12.6. The fourth-order valence-electron chi connectivity index (χ4n) is 2.04. The highest BCUT2D eigenvalue weighted by atomic mass is 16.5. The summed E-state index contributed by atoms with van der Waals surface area (Å²) in [5.41, 5.74) is 0. The molecule has 0 amide bonds. The SMILES string of the molecule is CCCCCCCCCCCCOC(=O)CCC=N. The van der Waals surface area contributed by atoms with Crippen molar-refractivity contribution < 1.29 is 9.53 Å². The zero-order chi connectivity index (χ0) is 14.2. The van der Waals surface area contributed by atoms with Crippen LogP contribution in [0.4, 0.5) is 0 Å². The summed E-state index contributed by atoms with van der Waals surface area (Å²) in [4.78, 5) is 11.1. The molecule has 0 fully saturated rings. The van der Waals surface area contributed by atoms with Crippen LogP contribution in [-0.4, -0.2) is 18.8 Å². The predicted molar refractivity (Wildman–Crippen MR) is 80.8 cm³/mol. The number of esters is 1. The Labute approximate surface area is 118 Å². The summed E-state index contributed by atoms with van der Waals surface area (Å²) in [5, 5.41) is 6.82. The maximum Gasteiger partial charge on any atom is 0.306 e. The fourth-order valence-corrected chi connectivity index (χ4v) is 2.04. The van der Waals surface area contributed by atoms with Gasteiger partial charge < -0.3 is 10.1 Å². The fraction of sp³-hybridized carbons (Fsp3) is 0.875. The second kappa shape index (κ2) is 15.2. The quantitative estimate of drug-likeness (QED) is 0.277. The lowest BCUT2D eigenvalue weighted by Gasteiger charge is -2.04. The molecule has 1 N–H and O–H groups in total. The van der Waals surface area contributed by atoms with Crippen molar-refractivity contribution in [2.24, 2.45) is 0 Å². The van der Waals surface area contributed by atoms with Gasteiger partial charge in [-0.15, -0.1) is 0 Å². The lowest BCUT2D eigenvalue weighted by molar-refractivity contribution is -0.143. The van der Waals surface area contributed by atoms with Gasteiger partial charge >= 0.3 is 5.97 Å². The molecule has 112 valence electrons. The Bertz CT molecular complexity index is 217. The third-order valence-electron chi connectivity index (χ3n) is 3.25. The first-order valence-corrected chi connectivity index (χ1v) is 7.95. The smallest absolute Gasteiger partial charge is 0.306 e. The van der Waals surface area contributed by atoms with E-state index >= 15 is 0 Å². The van der Waals surface area contributed by atoms with Crippen LogP contribution in [-0.2, 0) is 9.53 Å². The molecule has 0 bridgehead atoms. The largest absolute Gasteiger partial charge is 0.466 e. The van der Waals surface area contributed by atoms with Crippen LogP contribution in [0.1, 0.15) is 84.0 Å². The molecule has 0 aromatic heterocycles. The Balaban J connectivity index is 3.06. The molecule has 0 heterocycles. The molecule has 0 aliphatic rings. The van der Waals surface area contributed by atoms with Crippen molar-refractivity contribution in [3.05, 3.63) is 0 Å². The number of unbranched alkanes of at least 4 members (excludes halogenated alkanes) is 9. The summed E-state index contributed by atoms with van der Waals surface area (Å²) >= 11 is 0. The second-order valence-electron chi connectivity index (χ2n) is 5.15. The van der Waals surface area contributed by atoms with Crippen molar-refractivity contribution in [1.29, 1.82) is 5.41 Å². The number of ether oxygens (including phenoxy) is 1. The minimum Gasteiger partial charge on any atom is -0.466 e. The van der Waals surface area contributed by atoms with Crippen molar-refractivity contribution in [3.63, 3.8) is 0 Å². The third-order valence-corrected chi connectivity index (χ3v) is 3.25. The molecule has 3 nitrogen and oxygen atoms in total. The molecule has 0 spiro atoms. The first kappa shape index (κ1) is 18.1. The Morgan fingerprint density at radius 2 is 1.47 bits per heavy atom. The van der Waals surface area contributed by atoms with Crippen LogP contribution < -0.4 is 0 Å². The predicted octanol–water partition coefficient (Wildman–Crippen LogP) is 4.88. The van der Waals surface area contributed by atoms with E-state index in [9.17, 15) is 4.79 Å². The number of hydrogen-bond acceptors (Lipinski definition) is 3. The van der Waals surface area contributed by atoms with Crippen molar-refractivity contribution in [1.82, 2.24) is 0 Å². The second-order valence-corrected chi connectivity index (χ2v) is 5.15. The molecule has 3 heteroatoms. The van der Waals surface area contributed by atoms with Gasteiger partial charge in [0.25, 0.3) is 0 Å². The van der Waals surface area contributed by atoms with Crippen LogP contribution in [0.15, 0.2) is 0 Å². The third kappa shape index (κ3) is 15.1. The molecule has 0 saturated carbocycles. The van der Waals surface area contributed by atoms with Gasteiger partial charge in [-0.05, 0) is 19.1 Å². The molecule has 0 saturated heterocycles. The molecule has 0 rings (SSSR count). The van der Waals surface area contributed by atoms with E-state index in [1.54, 1.807) is 0 Å². The Kier molecular flexibility index (Phi) is 14.5. The van der Waals surface area contributed by atoms with Gasteiger partial charge in [0.2, 0.25) is 0 Å². The molecule has 19 heavy (non-hydrogen) atoms. The normalized spacial score (nSPS) is 10.4. The van der Waals surface area contributed by atoms with E-state index < -0.39 is 0 Å². The van der Waals surface area contributed by atoms with Gasteiger partial charge in [0.15, 0.2) is 0 Å². The van der Waals surface area contributed by atoms with Gasteiger partial charge in [0.05, 0.1) is 13.0 Å². The van der Waals surface area contributed by atoms with Crippen LogP contribution in [0, 0.1) is 5.41 Å². The molecular formula is C16H31NO2. The van der Waals surface area contributed by atoms with Crippen LogP contribution >= 0.6 is 0 Å². The van der Waals surface area contributed by atoms with E-state index in [0.29, 0.717) is 19.4 Å². The van der Waals surface area contributed by atoms with E-state index in [4.69, 9.17) is 10.1 Å². The lowest BCUT2D eigenvalue weighted by atomic mass is 10.1. The topological polar surface area (TPSA) is 50.2 Å². The number of carbonyl (C=O) groups excluding carboxylic acids is 1. The van der Waals surface area contributed by atoms with Gasteiger partial charge in [0.1, 0.15) is 0 Å². The number of rotatable bonds is 14. The highest BCUT2D eigenvalue weighted by Crippen LogP contribution is 2.10. The maximum absolute atomic E-state index is 11.1. The molecule has 0 unspecified atom stereocenters. The Morgan fingerprint density at radius 1 is 0.947 bits per heavy atom. The summed E-state index contributed by atoms with van der Waals surface area (Å²) in [6.07, 6.45) is 15.0. The molecular weight excluding hydrogens is 238 g/mol. The van der Waals surface area contributed by atoms with Gasteiger partial charge in [-0.2, -0.15) is 0 Å². The number of hydrogen-bond donors (Lipinski definition) is 1. The number of nitrogens with one attached hydrogen (secondary N) is 1. The zero-order valence-electron chi connectivity index (χ0n) is 12.6. The molecule has 0 atom stereocenters. The standard InChI is InChI=1S/C16H31NO2/c1-2-3-4-5-6-7-8-9-10-11-15-19-16(18)13-12-14-17/h14,17H,2-13,15H2,1H3. The Hall–Kier alpha value is -0.860. The summed E-state index contributed by atoms with van der Waals surface area (Å²) in [7, 11) is 0. The summed E-state index contributed by atoms with van der Waals surface area (Å²) in [6, 6.07) is 0. The van der Waals surface area contributed by atoms with E-state index in [1.165, 1.54) is 57.6 Å². The molecule has 0 aromatic carbocycles. The van der Waals surface area contributed by atoms with Crippen molar-refractivity contribution in [3.8, 4) is 0 Å². The molecule has 0 aromatic rings. The van der Waals surface area contributed by atoms with Crippen LogP contribution in [0.5, 0.6) is 0 Å². The van der Waals surface area contributed by atoms with Crippen LogP contribution in [0.2, 0.25) is 0 Å². The van der Waals surface area contributed by atoms with Crippen molar-refractivity contribution >= 4 is 12.2 Å². The summed E-state index contributed by atoms with van der Waals surface area (Å²) in [6.45, 7) is 2.80. The average Bonchev–Trinajstić information content (AvgIpc) is 2.42. The molecule has 0 radical (unpaired) electrons. The monoisotopic (exact) mass is 269 g/mol. The van der Waals surface area contributed by atoms with Gasteiger partial charge in [0, 0.05) is 0 Å². The number of carbonyl (C=O) groups is 1. The molecule has 0 aliphatic heterocycles. The summed E-state index contributed by atoms with van der Waals surface area (Å²) < 4.78 is 5.07. The van der Waals surface area contributed by atoms with Gasteiger partial charge in [-0.25, -0.2) is 0 Å². The first-order valence-electron chi connectivity index (χ1n) is 7.95. The van der Waals surface area contributed by atoms with Crippen LogP contribution in [0.25, 0.3) is 0 Å². The highest BCUT2D eigenvalue weighted by Gasteiger charge is 2.00. The lowest BCUT2D eigenvalue weighted by Crippen LogP contribution is -2.05. The van der Waals surface area contributed by atoms with Crippen molar-refractivity contribution in [2.75, 3.05) is 6.61 Å². The van der Waals surface area contributed by atoms with Gasteiger partial charge in [-0.3, -0.25) is 4.79 Å². The van der Waals surface area contributed by atoms with Gasteiger partial charge in [-0.1, -0.05) is 64.7 Å². The van der Waals surface area contributed by atoms with Crippen LogP contribution in [0.3, 0.4) is 0 Å². The maximum atomic E-state index is 11.1. The average molecular weight is 269 g/mol. The minimum absolute atomic E-state index is 0.167.